The van der Waals surface area contributed by atoms with Gasteiger partial charge >= 0.3 is 5.97 Å². The van der Waals surface area contributed by atoms with E-state index in [0.717, 1.165) is 32.3 Å². The molecule has 0 heterocycles. The van der Waals surface area contributed by atoms with Crippen molar-refractivity contribution in [3.05, 3.63) is 72.9 Å². The monoisotopic (exact) mass is 536 g/mol. The van der Waals surface area contributed by atoms with Gasteiger partial charge in [0.2, 0.25) is 0 Å². The molecule has 1 aliphatic rings. The Kier molecular flexibility index (Phi) is 17.6. The summed E-state index contributed by atoms with van der Waals surface area (Å²) in [6.07, 6.45) is 30.8. The number of rotatable bonds is 23. The Morgan fingerprint density at radius 3 is 1.79 bits per heavy atom. The molecule has 0 saturated carbocycles. The van der Waals surface area contributed by atoms with E-state index in [0.29, 0.717) is 18.4 Å². The van der Waals surface area contributed by atoms with Crippen LogP contribution in [-0.4, -0.2) is 24.8 Å². The van der Waals surface area contributed by atoms with Crippen molar-refractivity contribution < 1.29 is 14.3 Å². The van der Waals surface area contributed by atoms with Crippen LogP contribution in [0.2, 0.25) is 0 Å². The number of unbranched alkanes of at least 4 members (excludes halogenated alkanes) is 13. The van der Waals surface area contributed by atoms with Gasteiger partial charge in [-0.05, 0) is 30.7 Å². The van der Waals surface area contributed by atoms with Gasteiger partial charge in [0.05, 0.1) is 6.61 Å². The molecule has 3 nitrogen and oxygen atoms in total. The standard InChI is InChI=1S/C36H56O3/c1-4-32(3)31-36(27-25-34(26-28-36)33-23-19-18-20-24-33)39-30-22-17-15-13-11-9-7-6-8-10-12-14-16-21-29-38-35(37)5-2/h5,18-20,23-28,32,34H,2,4,6-17,21-22,29-31H2,1,3H3. The Balaban J connectivity index is 1.47. The highest BCUT2D eigenvalue weighted by Gasteiger charge is 2.29. The minimum atomic E-state index is -0.308. The van der Waals surface area contributed by atoms with Crippen LogP contribution >= 0.6 is 0 Å². The largest absolute Gasteiger partial charge is 0.463 e. The summed E-state index contributed by atoms with van der Waals surface area (Å²) in [5, 5.41) is 0. The van der Waals surface area contributed by atoms with Crippen molar-refractivity contribution in [1.29, 1.82) is 0 Å². The highest BCUT2D eigenvalue weighted by Crippen LogP contribution is 2.34. The summed E-state index contributed by atoms with van der Waals surface area (Å²) in [4.78, 5) is 11.0. The maximum atomic E-state index is 11.0. The zero-order valence-electron chi connectivity index (χ0n) is 25.1. The van der Waals surface area contributed by atoms with Crippen molar-refractivity contribution in [3.63, 3.8) is 0 Å². The zero-order chi connectivity index (χ0) is 28.0. The number of carbonyl (C=O) groups excluding carboxylic acids is 1. The van der Waals surface area contributed by atoms with Gasteiger partial charge in [-0.15, -0.1) is 0 Å². The average molecular weight is 537 g/mol. The second-order valence-corrected chi connectivity index (χ2v) is 11.5. The molecule has 1 atom stereocenters. The molecule has 0 bridgehead atoms. The number of carbonyl (C=O) groups is 1. The van der Waals surface area contributed by atoms with Crippen LogP contribution in [-0.2, 0) is 14.3 Å². The van der Waals surface area contributed by atoms with E-state index in [9.17, 15) is 4.79 Å². The second kappa shape index (κ2) is 20.7. The predicted molar refractivity (Wildman–Crippen MR) is 166 cm³/mol. The van der Waals surface area contributed by atoms with Crippen LogP contribution in [0.1, 0.15) is 128 Å². The SMILES string of the molecule is C=CC(=O)OCCCCCCCCCCCCCCCCOC1(CC(C)CC)C=CC(c2ccccc2)C=C1. The molecular weight excluding hydrogens is 480 g/mol. The average Bonchev–Trinajstić information content (AvgIpc) is 2.97. The van der Waals surface area contributed by atoms with Gasteiger partial charge in [-0.25, -0.2) is 4.79 Å². The van der Waals surface area contributed by atoms with Gasteiger partial charge in [0.15, 0.2) is 0 Å². The molecule has 39 heavy (non-hydrogen) atoms. The van der Waals surface area contributed by atoms with Crippen LogP contribution in [0, 0.1) is 5.92 Å². The first-order valence-electron chi connectivity index (χ1n) is 16.0. The Labute approximate surface area is 240 Å². The topological polar surface area (TPSA) is 35.5 Å². The van der Waals surface area contributed by atoms with Gasteiger partial charge in [0, 0.05) is 18.6 Å². The Morgan fingerprint density at radius 1 is 0.821 bits per heavy atom. The van der Waals surface area contributed by atoms with Crippen molar-refractivity contribution in [2.45, 2.75) is 128 Å². The van der Waals surface area contributed by atoms with E-state index >= 15 is 0 Å². The molecular formula is C36H56O3. The van der Waals surface area contributed by atoms with Gasteiger partial charge < -0.3 is 9.47 Å². The lowest BCUT2D eigenvalue weighted by atomic mass is 9.82. The summed E-state index contributed by atoms with van der Waals surface area (Å²) in [7, 11) is 0. The number of esters is 1. The highest BCUT2D eigenvalue weighted by molar-refractivity contribution is 5.81. The molecule has 3 heteroatoms. The molecule has 2 rings (SSSR count). The van der Waals surface area contributed by atoms with E-state index in [-0.39, 0.29) is 11.6 Å². The van der Waals surface area contributed by atoms with E-state index in [1.165, 1.54) is 88.7 Å². The summed E-state index contributed by atoms with van der Waals surface area (Å²) in [6.45, 7) is 9.40. The molecule has 1 aliphatic carbocycles. The van der Waals surface area contributed by atoms with E-state index in [4.69, 9.17) is 9.47 Å². The van der Waals surface area contributed by atoms with E-state index in [1.54, 1.807) is 0 Å². The minimum Gasteiger partial charge on any atom is -0.463 e. The predicted octanol–water partition coefficient (Wildman–Crippen LogP) is 10.3. The smallest absolute Gasteiger partial charge is 0.330 e. The first-order chi connectivity index (χ1) is 19.1. The minimum absolute atomic E-state index is 0.235. The van der Waals surface area contributed by atoms with Crippen LogP contribution < -0.4 is 0 Å². The fourth-order valence-electron chi connectivity index (χ4n) is 5.35. The quantitative estimate of drug-likeness (QED) is 0.0604. The lowest BCUT2D eigenvalue weighted by molar-refractivity contribution is -0.137. The number of hydrogen-bond donors (Lipinski definition) is 0. The molecule has 0 N–H and O–H groups in total. The molecule has 1 aromatic rings. The fourth-order valence-corrected chi connectivity index (χ4v) is 5.35. The number of allylic oxidation sites excluding steroid dienone is 2. The summed E-state index contributed by atoms with van der Waals surface area (Å²) >= 11 is 0. The normalized spacial score (nSPS) is 19.2. The van der Waals surface area contributed by atoms with Crippen molar-refractivity contribution in [2.75, 3.05) is 13.2 Å². The number of hydrogen-bond acceptors (Lipinski definition) is 3. The number of benzene rings is 1. The second-order valence-electron chi connectivity index (χ2n) is 11.5. The Bertz CT molecular complexity index is 811. The molecule has 0 saturated heterocycles. The van der Waals surface area contributed by atoms with E-state index in [2.05, 4.69) is 75.1 Å². The molecule has 218 valence electrons. The third-order valence-electron chi connectivity index (χ3n) is 8.04. The van der Waals surface area contributed by atoms with Gasteiger partial charge in [0.25, 0.3) is 0 Å². The van der Waals surface area contributed by atoms with Gasteiger partial charge in [0.1, 0.15) is 5.60 Å². The lowest BCUT2D eigenvalue weighted by Crippen LogP contribution is -2.32. The van der Waals surface area contributed by atoms with Crippen LogP contribution in [0.5, 0.6) is 0 Å². The van der Waals surface area contributed by atoms with E-state index in [1.807, 2.05) is 0 Å². The molecule has 1 aromatic carbocycles. The van der Waals surface area contributed by atoms with Crippen molar-refractivity contribution in [3.8, 4) is 0 Å². The van der Waals surface area contributed by atoms with Crippen molar-refractivity contribution >= 4 is 5.97 Å². The van der Waals surface area contributed by atoms with Gasteiger partial charge in [-0.3, -0.25) is 0 Å². The van der Waals surface area contributed by atoms with Gasteiger partial charge in [-0.1, -0.05) is 159 Å². The summed E-state index contributed by atoms with van der Waals surface area (Å²) < 4.78 is 11.6. The maximum Gasteiger partial charge on any atom is 0.330 e. The molecule has 0 aliphatic heterocycles. The molecule has 0 spiro atoms. The summed E-state index contributed by atoms with van der Waals surface area (Å²) in [6, 6.07) is 10.7. The third-order valence-corrected chi connectivity index (χ3v) is 8.04. The highest BCUT2D eigenvalue weighted by atomic mass is 16.5. The molecule has 1 unspecified atom stereocenters. The van der Waals surface area contributed by atoms with Crippen LogP contribution in [0.15, 0.2) is 67.3 Å². The fraction of sp³-hybridized carbons (Fsp3) is 0.639. The first-order valence-corrected chi connectivity index (χ1v) is 16.0. The maximum absolute atomic E-state index is 11.0. The van der Waals surface area contributed by atoms with E-state index < -0.39 is 0 Å². The molecule has 0 fully saturated rings. The molecule has 0 aromatic heterocycles. The van der Waals surface area contributed by atoms with Gasteiger partial charge in [-0.2, -0.15) is 0 Å². The molecule has 0 amide bonds. The Hall–Kier alpha value is -2.13. The summed E-state index contributed by atoms with van der Waals surface area (Å²) in [5.74, 6) is 0.692. The lowest BCUT2D eigenvalue weighted by Gasteiger charge is -2.33. The Morgan fingerprint density at radius 2 is 1.31 bits per heavy atom. The van der Waals surface area contributed by atoms with Crippen molar-refractivity contribution in [2.24, 2.45) is 5.92 Å². The zero-order valence-corrected chi connectivity index (χ0v) is 25.1. The number of ether oxygens (including phenoxy) is 2. The molecule has 0 radical (unpaired) electrons. The first kappa shape index (κ1) is 33.1. The van der Waals surface area contributed by atoms with Crippen molar-refractivity contribution in [1.82, 2.24) is 0 Å². The van der Waals surface area contributed by atoms with Crippen LogP contribution in [0.3, 0.4) is 0 Å². The third kappa shape index (κ3) is 14.7. The van der Waals surface area contributed by atoms with Crippen LogP contribution in [0.25, 0.3) is 0 Å². The van der Waals surface area contributed by atoms with Crippen LogP contribution in [0.4, 0.5) is 0 Å². The summed E-state index contributed by atoms with van der Waals surface area (Å²) in [5.41, 5.74) is 1.11.